The standard InChI is InChI=1S/C54H37FN4O/c1-2-60-43-25-23-41(24-26-43)58-50-19-10-9-18-44(50)46-31-37(21-28-51(46)58)38-20-27-45-47-33-40(55)22-29-52(47)59(53(45)32-38)42-17-11-16-39(30-42)49-34-48(35-12-5-3-6-13-35)56-54(57-49)36-14-7-4-8-15-36/h3-34H,2H2,1H3. The normalized spacial score (nSPS) is 11.6. The van der Waals surface area contributed by atoms with E-state index >= 15 is 0 Å². The van der Waals surface area contributed by atoms with E-state index < -0.39 is 0 Å². The quantitative estimate of drug-likeness (QED) is 0.154. The highest BCUT2D eigenvalue weighted by molar-refractivity contribution is 6.12. The van der Waals surface area contributed by atoms with E-state index in [-0.39, 0.29) is 5.82 Å². The Labute approximate surface area is 346 Å². The number of ether oxygens (including phenoxy) is 1. The summed E-state index contributed by atoms with van der Waals surface area (Å²) in [5.74, 6) is 1.25. The third-order valence-electron chi connectivity index (χ3n) is 11.4. The van der Waals surface area contributed by atoms with E-state index in [1.54, 1.807) is 12.1 Å². The van der Waals surface area contributed by atoms with E-state index in [0.29, 0.717) is 12.4 Å². The minimum atomic E-state index is -0.267. The van der Waals surface area contributed by atoms with Crippen LogP contribution in [0, 0.1) is 5.82 Å². The average Bonchev–Trinajstić information content (AvgIpc) is 3.81. The molecule has 0 fully saturated rings. The van der Waals surface area contributed by atoms with Crippen molar-refractivity contribution in [1.29, 1.82) is 0 Å². The lowest BCUT2D eigenvalue weighted by molar-refractivity contribution is 0.340. The Morgan fingerprint density at radius 2 is 1.02 bits per heavy atom. The van der Waals surface area contributed by atoms with Crippen LogP contribution in [0.25, 0.3) is 100 Å². The molecule has 0 aliphatic rings. The lowest BCUT2D eigenvalue weighted by Gasteiger charge is -2.13. The molecule has 0 N–H and O–H groups in total. The van der Waals surface area contributed by atoms with Gasteiger partial charge in [0.05, 0.1) is 40.1 Å². The molecular formula is C54H37FN4O. The van der Waals surface area contributed by atoms with E-state index in [1.165, 1.54) is 10.8 Å². The van der Waals surface area contributed by atoms with Gasteiger partial charge in [0.25, 0.3) is 0 Å². The summed E-state index contributed by atoms with van der Waals surface area (Å²) < 4.78 is 25.3. The number of para-hydroxylation sites is 1. The van der Waals surface area contributed by atoms with E-state index in [1.807, 2.05) is 73.7 Å². The molecule has 11 rings (SSSR count). The molecule has 0 saturated carbocycles. The largest absolute Gasteiger partial charge is 0.494 e. The molecule has 3 aromatic heterocycles. The van der Waals surface area contributed by atoms with Crippen molar-refractivity contribution in [2.24, 2.45) is 0 Å². The summed E-state index contributed by atoms with van der Waals surface area (Å²) in [5, 5.41) is 4.19. The average molecular weight is 777 g/mol. The Morgan fingerprint density at radius 1 is 0.417 bits per heavy atom. The summed E-state index contributed by atoms with van der Waals surface area (Å²) in [6.07, 6.45) is 0. The number of benzene rings is 8. The molecule has 5 nitrogen and oxygen atoms in total. The molecule has 0 bridgehead atoms. The maximum Gasteiger partial charge on any atom is 0.160 e. The van der Waals surface area contributed by atoms with Crippen molar-refractivity contribution in [3.63, 3.8) is 0 Å². The van der Waals surface area contributed by atoms with Crippen LogP contribution in [0.5, 0.6) is 5.75 Å². The first-order chi connectivity index (χ1) is 29.6. The molecular weight excluding hydrogens is 740 g/mol. The highest BCUT2D eigenvalue weighted by Crippen LogP contribution is 2.39. The predicted molar refractivity (Wildman–Crippen MR) is 244 cm³/mol. The molecule has 0 saturated heterocycles. The SMILES string of the molecule is CCOc1ccc(-n2c3ccccc3c3cc(-c4ccc5c6cc(F)ccc6n(-c6cccc(-c7cc(-c8ccccc8)nc(-c8ccccc8)n7)c6)c5c4)ccc32)cc1. The third kappa shape index (κ3) is 6.09. The van der Waals surface area contributed by atoms with Gasteiger partial charge >= 0.3 is 0 Å². The Bertz CT molecular complexity index is 3330. The maximum absolute atomic E-state index is 15.0. The Morgan fingerprint density at radius 3 is 1.80 bits per heavy atom. The van der Waals surface area contributed by atoms with Crippen LogP contribution < -0.4 is 4.74 Å². The van der Waals surface area contributed by atoms with Crippen molar-refractivity contribution >= 4 is 43.6 Å². The van der Waals surface area contributed by atoms with Gasteiger partial charge in [-0.05, 0) is 103 Å². The van der Waals surface area contributed by atoms with Gasteiger partial charge in [-0.3, -0.25) is 0 Å². The number of nitrogens with zero attached hydrogens (tertiary/aromatic N) is 4. The molecule has 0 aliphatic carbocycles. The van der Waals surface area contributed by atoms with Crippen molar-refractivity contribution in [2.75, 3.05) is 6.61 Å². The molecule has 0 unspecified atom stereocenters. The number of hydrogen-bond donors (Lipinski definition) is 0. The smallest absolute Gasteiger partial charge is 0.160 e. The van der Waals surface area contributed by atoms with Crippen LogP contribution in [0.3, 0.4) is 0 Å². The fourth-order valence-electron chi connectivity index (χ4n) is 8.61. The van der Waals surface area contributed by atoms with Gasteiger partial charge in [0.15, 0.2) is 5.82 Å². The highest BCUT2D eigenvalue weighted by atomic mass is 19.1. The topological polar surface area (TPSA) is 44.9 Å². The molecule has 0 atom stereocenters. The van der Waals surface area contributed by atoms with Gasteiger partial charge in [-0.1, -0.05) is 109 Å². The van der Waals surface area contributed by atoms with Gasteiger partial charge < -0.3 is 13.9 Å². The fourth-order valence-corrected chi connectivity index (χ4v) is 8.61. The zero-order chi connectivity index (χ0) is 40.2. The van der Waals surface area contributed by atoms with Crippen molar-refractivity contribution in [3.8, 4) is 62.2 Å². The Balaban J connectivity index is 1.06. The second-order valence-corrected chi connectivity index (χ2v) is 15.0. The number of hydrogen-bond acceptors (Lipinski definition) is 3. The second-order valence-electron chi connectivity index (χ2n) is 15.0. The summed E-state index contributed by atoms with van der Waals surface area (Å²) >= 11 is 0. The molecule has 6 heteroatoms. The molecule has 0 amide bonds. The van der Waals surface area contributed by atoms with E-state index in [4.69, 9.17) is 14.7 Å². The number of rotatable bonds is 8. The first kappa shape index (κ1) is 35.3. The van der Waals surface area contributed by atoms with Crippen molar-refractivity contribution in [3.05, 3.63) is 200 Å². The predicted octanol–water partition coefficient (Wildman–Crippen LogP) is 13.9. The number of halogens is 1. The lowest BCUT2D eigenvalue weighted by atomic mass is 10.0. The zero-order valence-electron chi connectivity index (χ0n) is 32.8. The molecule has 8 aromatic carbocycles. The lowest BCUT2D eigenvalue weighted by Crippen LogP contribution is -1.98. The Hall–Kier alpha value is -7.83. The number of fused-ring (bicyclic) bond motifs is 6. The van der Waals surface area contributed by atoms with Crippen LogP contribution in [0.4, 0.5) is 4.39 Å². The van der Waals surface area contributed by atoms with Gasteiger partial charge in [0.1, 0.15) is 11.6 Å². The summed E-state index contributed by atoms with van der Waals surface area (Å²) in [6.45, 7) is 2.62. The summed E-state index contributed by atoms with van der Waals surface area (Å²) in [5.41, 5.74) is 12.9. The molecule has 60 heavy (non-hydrogen) atoms. The minimum absolute atomic E-state index is 0.267. The highest BCUT2D eigenvalue weighted by Gasteiger charge is 2.18. The van der Waals surface area contributed by atoms with Gasteiger partial charge in [0, 0.05) is 49.6 Å². The van der Waals surface area contributed by atoms with Gasteiger partial charge in [-0.15, -0.1) is 0 Å². The minimum Gasteiger partial charge on any atom is -0.494 e. The first-order valence-corrected chi connectivity index (χ1v) is 20.2. The molecule has 0 spiro atoms. The molecule has 11 aromatic rings. The molecule has 0 radical (unpaired) electrons. The van der Waals surface area contributed by atoms with Crippen LogP contribution in [-0.4, -0.2) is 25.7 Å². The van der Waals surface area contributed by atoms with Crippen molar-refractivity contribution < 1.29 is 9.13 Å². The van der Waals surface area contributed by atoms with Gasteiger partial charge in [-0.2, -0.15) is 0 Å². The maximum atomic E-state index is 15.0. The monoisotopic (exact) mass is 776 g/mol. The van der Waals surface area contributed by atoms with E-state index in [0.717, 1.165) is 89.2 Å². The molecule has 0 aliphatic heterocycles. The summed E-state index contributed by atoms with van der Waals surface area (Å²) in [6, 6.07) is 65.9. The van der Waals surface area contributed by atoms with Crippen LogP contribution in [0.1, 0.15) is 6.92 Å². The second kappa shape index (κ2) is 14.5. The van der Waals surface area contributed by atoms with Crippen LogP contribution in [-0.2, 0) is 0 Å². The van der Waals surface area contributed by atoms with E-state index in [2.05, 4.69) is 124 Å². The van der Waals surface area contributed by atoms with Crippen LogP contribution in [0.2, 0.25) is 0 Å². The van der Waals surface area contributed by atoms with Crippen LogP contribution >= 0.6 is 0 Å². The van der Waals surface area contributed by atoms with Crippen LogP contribution in [0.15, 0.2) is 194 Å². The summed E-state index contributed by atoms with van der Waals surface area (Å²) in [7, 11) is 0. The molecule has 286 valence electrons. The van der Waals surface area contributed by atoms with Crippen molar-refractivity contribution in [2.45, 2.75) is 6.92 Å². The summed E-state index contributed by atoms with van der Waals surface area (Å²) in [4.78, 5) is 10.1. The van der Waals surface area contributed by atoms with Gasteiger partial charge in [-0.25, -0.2) is 14.4 Å². The first-order valence-electron chi connectivity index (χ1n) is 20.2. The van der Waals surface area contributed by atoms with Gasteiger partial charge in [0.2, 0.25) is 0 Å². The van der Waals surface area contributed by atoms with Crippen molar-refractivity contribution in [1.82, 2.24) is 19.1 Å². The third-order valence-corrected chi connectivity index (χ3v) is 11.4. The fraction of sp³-hybridized carbons (Fsp3) is 0.0370. The Kier molecular flexibility index (Phi) is 8.55. The van der Waals surface area contributed by atoms with E-state index in [9.17, 15) is 4.39 Å². The number of aromatic nitrogens is 4. The zero-order valence-corrected chi connectivity index (χ0v) is 32.8. The molecule has 3 heterocycles.